The van der Waals surface area contributed by atoms with Crippen molar-refractivity contribution < 1.29 is 4.39 Å². The van der Waals surface area contributed by atoms with Crippen LogP contribution in [0.25, 0.3) is 0 Å². The fourth-order valence-electron chi connectivity index (χ4n) is 0.877. The Balaban J connectivity index is 2.90. The molecule has 0 fully saturated rings. The predicted octanol–water partition coefficient (Wildman–Crippen LogP) is 1.45. The Morgan fingerprint density at radius 3 is 2.86 bits per heavy atom. The van der Waals surface area contributed by atoms with Gasteiger partial charge in [0, 0.05) is 11.5 Å². The van der Waals surface area contributed by atoms with E-state index >= 15 is 0 Å². The summed E-state index contributed by atoms with van der Waals surface area (Å²) in [5, 5.41) is 2.70. The van der Waals surface area contributed by atoms with E-state index < -0.39 is 0 Å². The third kappa shape index (κ3) is 2.68. The molecule has 6 heteroatoms. The van der Waals surface area contributed by atoms with Gasteiger partial charge in [0.15, 0.2) is 0 Å². The van der Waals surface area contributed by atoms with Gasteiger partial charge < -0.3 is 5.32 Å². The first kappa shape index (κ1) is 10.9. The number of rotatable bonds is 1. The van der Waals surface area contributed by atoms with Gasteiger partial charge in [0.1, 0.15) is 5.82 Å². The van der Waals surface area contributed by atoms with Gasteiger partial charge in [0.05, 0.1) is 5.69 Å². The number of aliphatic imine (C=N–C) groups is 1. The zero-order valence-electron chi connectivity index (χ0n) is 7.51. The smallest absolute Gasteiger partial charge is 0.210 e. The first-order valence-electron chi connectivity index (χ1n) is 3.83. The van der Waals surface area contributed by atoms with E-state index in [-0.39, 0.29) is 5.82 Å². The van der Waals surface area contributed by atoms with Gasteiger partial charge >= 0.3 is 0 Å². The van der Waals surface area contributed by atoms with Gasteiger partial charge in [-0.3, -0.25) is 10.4 Å². The first-order chi connectivity index (χ1) is 6.67. The minimum absolute atomic E-state index is 0.294. The number of anilines is 1. The van der Waals surface area contributed by atoms with E-state index in [9.17, 15) is 4.39 Å². The highest BCUT2D eigenvalue weighted by Crippen LogP contribution is 2.19. The van der Waals surface area contributed by atoms with E-state index in [1.807, 2.05) is 0 Å². The molecule has 0 heterocycles. The molecule has 0 aromatic heterocycles. The molecular weight excluding hydrogens is 251 g/mol. The topological polar surface area (TPSA) is 62.4 Å². The SMILES string of the molecule is CN=C(NN)Nc1cc(Br)ccc1F. The van der Waals surface area contributed by atoms with Crippen molar-refractivity contribution >= 4 is 27.6 Å². The summed E-state index contributed by atoms with van der Waals surface area (Å²) < 4.78 is 14.0. The fourth-order valence-corrected chi connectivity index (χ4v) is 1.24. The van der Waals surface area contributed by atoms with E-state index in [4.69, 9.17) is 5.84 Å². The van der Waals surface area contributed by atoms with Gasteiger partial charge in [0.2, 0.25) is 5.96 Å². The van der Waals surface area contributed by atoms with Crippen LogP contribution in [0.3, 0.4) is 0 Å². The summed E-state index contributed by atoms with van der Waals surface area (Å²) in [5.74, 6) is 5.06. The van der Waals surface area contributed by atoms with Crippen LogP contribution in [0.5, 0.6) is 0 Å². The summed E-state index contributed by atoms with van der Waals surface area (Å²) in [6, 6.07) is 4.55. The zero-order chi connectivity index (χ0) is 10.6. The van der Waals surface area contributed by atoms with Gasteiger partial charge in [-0.25, -0.2) is 10.2 Å². The number of nitrogens with one attached hydrogen (secondary N) is 2. The molecule has 0 saturated carbocycles. The molecule has 0 bridgehead atoms. The van der Waals surface area contributed by atoms with Crippen LogP contribution >= 0.6 is 15.9 Å². The highest BCUT2D eigenvalue weighted by atomic mass is 79.9. The number of hydrogen-bond acceptors (Lipinski definition) is 2. The van der Waals surface area contributed by atoms with Crippen molar-refractivity contribution in [2.24, 2.45) is 10.8 Å². The molecule has 76 valence electrons. The lowest BCUT2D eigenvalue weighted by Crippen LogP contribution is -2.36. The summed E-state index contributed by atoms with van der Waals surface area (Å²) in [6.07, 6.45) is 0. The third-order valence-electron chi connectivity index (χ3n) is 1.54. The molecule has 1 aromatic carbocycles. The second kappa shape index (κ2) is 4.92. The fraction of sp³-hybridized carbons (Fsp3) is 0.125. The summed E-state index contributed by atoms with van der Waals surface area (Å²) in [7, 11) is 1.54. The zero-order valence-corrected chi connectivity index (χ0v) is 9.10. The largest absolute Gasteiger partial charge is 0.323 e. The van der Waals surface area contributed by atoms with E-state index in [0.717, 1.165) is 4.47 Å². The lowest BCUT2D eigenvalue weighted by Gasteiger charge is -2.09. The van der Waals surface area contributed by atoms with Crippen LogP contribution in [0.15, 0.2) is 27.7 Å². The Kier molecular flexibility index (Phi) is 3.84. The van der Waals surface area contributed by atoms with Crippen LogP contribution < -0.4 is 16.6 Å². The van der Waals surface area contributed by atoms with Crippen molar-refractivity contribution in [2.75, 3.05) is 12.4 Å². The van der Waals surface area contributed by atoms with Gasteiger partial charge in [-0.1, -0.05) is 15.9 Å². The maximum Gasteiger partial charge on any atom is 0.210 e. The summed E-state index contributed by atoms with van der Waals surface area (Å²) in [6.45, 7) is 0. The number of halogens is 2. The number of nitrogens with two attached hydrogens (primary N) is 1. The number of nitrogens with zero attached hydrogens (tertiary/aromatic N) is 1. The van der Waals surface area contributed by atoms with E-state index in [1.54, 1.807) is 12.1 Å². The second-order valence-electron chi connectivity index (χ2n) is 2.47. The Labute approximate surface area is 89.5 Å². The molecule has 0 atom stereocenters. The Morgan fingerprint density at radius 2 is 2.29 bits per heavy atom. The molecule has 0 amide bonds. The Morgan fingerprint density at radius 1 is 1.57 bits per heavy atom. The number of hydrogen-bond donors (Lipinski definition) is 3. The minimum Gasteiger partial charge on any atom is -0.323 e. The molecule has 0 unspecified atom stereocenters. The number of benzene rings is 1. The molecule has 14 heavy (non-hydrogen) atoms. The van der Waals surface area contributed by atoms with Crippen molar-refractivity contribution in [3.8, 4) is 0 Å². The Hall–Kier alpha value is -1.14. The normalized spacial score (nSPS) is 11.3. The van der Waals surface area contributed by atoms with Gasteiger partial charge in [-0.05, 0) is 18.2 Å². The van der Waals surface area contributed by atoms with Crippen molar-refractivity contribution in [1.29, 1.82) is 0 Å². The standard InChI is InChI=1S/C8H10BrFN4/c1-12-8(14-11)13-7-4-5(9)2-3-6(7)10/h2-4H,11H2,1H3,(H2,12,13,14). The quantitative estimate of drug-likeness (QED) is 0.310. The van der Waals surface area contributed by atoms with Gasteiger partial charge in [0.25, 0.3) is 0 Å². The maximum absolute atomic E-state index is 13.2. The van der Waals surface area contributed by atoms with Crippen LogP contribution in [-0.2, 0) is 0 Å². The van der Waals surface area contributed by atoms with Gasteiger partial charge in [-0.2, -0.15) is 0 Å². The maximum atomic E-state index is 13.2. The monoisotopic (exact) mass is 260 g/mol. The summed E-state index contributed by atoms with van der Waals surface area (Å²) in [4.78, 5) is 3.76. The first-order valence-corrected chi connectivity index (χ1v) is 4.62. The molecule has 0 aliphatic carbocycles. The van der Waals surface area contributed by atoms with Crippen LogP contribution in [0.4, 0.5) is 10.1 Å². The van der Waals surface area contributed by atoms with Crippen LogP contribution in [-0.4, -0.2) is 13.0 Å². The molecular formula is C8H10BrFN4. The molecule has 4 nitrogen and oxygen atoms in total. The number of guanidine groups is 1. The second-order valence-corrected chi connectivity index (χ2v) is 3.38. The summed E-state index contributed by atoms with van der Waals surface area (Å²) in [5.41, 5.74) is 2.61. The highest BCUT2D eigenvalue weighted by molar-refractivity contribution is 9.10. The molecule has 0 aliphatic rings. The average molecular weight is 261 g/mol. The predicted molar refractivity (Wildman–Crippen MR) is 58.4 cm³/mol. The lowest BCUT2D eigenvalue weighted by atomic mass is 10.3. The van der Waals surface area contributed by atoms with Crippen molar-refractivity contribution in [1.82, 2.24) is 5.43 Å². The van der Waals surface area contributed by atoms with E-state index in [2.05, 4.69) is 31.7 Å². The molecule has 1 rings (SSSR count). The van der Waals surface area contributed by atoms with E-state index in [0.29, 0.717) is 11.6 Å². The highest BCUT2D eigenvalue weighted by Gasteiger charge is 2.03. The van der Waals surface area contributed by atoms with Crippen molar-refractivity contribution in [3.63, 3.8) is 0 Å². The molecule has 0 aliphatic heterocycles. The van der Waals surface area contributed by atoms with Crippen molar-refractivity contribution in [2.45, 2.75) is 0 Å². The molecule has 4 N–H and O–H groups in total. The number of hydrazine groups is 1. The molecule has 0 radical (unpaired) electrons. The van der Waals surface area contributed by atoms with Crippen molar-refractivity contribution in [3.05, 3.63) is 28.5 Å². The minimum atomic E-state index is -0.371. The lowest BCUT2D eigenvalue weighted by molar-refractivity contribution is 0.631. The molecule has 0 saturated heterocycles. The third-order valence-corrected chi connectivity index (χ3v) is 2.04. The molecule has 0 spiro atoms. The van der Waals surface area contributed by atoms with Crippen LogP contribution in [0, 0.1) is 5.82 Å². The Bertz CT molecular complexity index is 353. The average Bonchev–Trinajstić information content (AvgIpc) is 2.19. The van der Waals surface area contributed by atoms with E-state index in [1.165, 1.54) is 13.1 Å². The summed E-state index contributed by atoms with van der Waals surface area (Å²) >= 11 is 3.23. The van der Waals surface area contributed by atoms with Gasteiger partial charge in [-0.15, -0.1) is 0 Å². The van der Waals surface area contributed by atoms with Crippen LogP contribution in [0.1, 0.15) is 0 Å². The van der Waals surface area contributed by atoms with Crippen LogP contribution in [0.2, 0.25) is 0 Å². The molecule has 1 aromatic rings.